The van der Waals surface area contributed by atoms with Gasteiger partial charge in [-0.15, -0.1) is 0 Å². The van der Waals surface area contributed by atoms with Crippen molar-refractivity contribution in [2.75, 3.05) is 0 Å². The Morgan fingerprint density at radius 2 is 2.10 bits per heavy atom. The van der Waals surface area contributed by atoms with Gasteiger partial charge in [0.15, 0.2) is 0 Å². The van der Waals surface area contributed by atoms with Crippen molar-refractivity contribution >= 4 is 13.3 Å². The molecule has 2 radical (unpaired) electrons. The molecule has 10 heavy (non-hydrogen) atoms. The highest BCUT2D eigenvalue weighted by Gasteiger charge is 1.92. The van der Waals surface area contributed by atoms with Crippen molar-refractivity contribution in [2.24, 2.45) is 0 Å². The Kier molecular flexibility index (Phi) is 2.12. The Morgan fingerprint density at radius 1 is 1.40 bits per heavy atom. The summed E-state index contributed by atoms with van der Waals surface area (Å²) in [5.41, 5.74) is 1.61. The van der Waals surface area contributed by atoms with Crippen LogP contribution in [0.5, 0.6) is 0 Å². The van der Waals surface area contributed by atoms with Crippen LogP contribution in [0, 0.1) is 11.3 Å². The summed E-state index contributed by atoms with van der Waals surface area (Å²) in [5.74, 6) is 0. The fourth-order valence-electron chi connectivity index (χ4n) is 0.780. The monoisotopic (exact) mass is 127 g/mol. The van der Waals surface area contributed by atoms with Gasteiger partial charge in [0.05, 0.1) is 12.5 Å². The number of rotatable bonds is 1. The first-order chi connectivity index (χ1) is 4.84. The average molecular weight is 127 g/mol. The molecular formula is C8H6BN. The highest BCUT2D eigenvalue weighted by atomic mass is 14.2. The molecule has 0 fully saturated rings. The fourth-order valence-corrected chi connectivity index (χ4v) is 0.780. The molecule has 0 amide bonds. The quantitative estimate of drug-likeness (QED) is 0.505. The lowest BCUT2D eigenvalue weighted by atomic mass is 9.90. The zero-order valence-electron chi connectivity index (χ0n) is 5.54. The number of nitriles is 1. The Balaban J connectivity index is 2.94. The molecule has 0 saturated carbocycles. The van der Waals surface area contributed by atoms with Crippen LogP contribution < -0.4 is 5.46 Å². The van der Waals surface area contributed by atoms with Gasteiger partial charge in [0.1, 0.15) is 7.85 Å². The van der Waals surface area contributed by atoms with E-state index in [1.807, 2.05) is 24.3 Å². The molecule has 0 saturated heterocycles. The topological polar surface area (TPSA) is 23.8 Å². The van der Waals surface area contributed by atoms with E-state index in [0.29, 0.717) is 11.9 Å². The zero-order chi connectivity index (χ0) is 7.40. The third kappa shape index (κ3) is 1.38. The van der Waals surface area contributed by atoms with Crippen molar-refractivity contribution in [3.63, 3.8) is 0 Å². The van der Waals surface area contributed by atoms with Crippen LogP contribution in [0.1, 0.15) is 5.56 Å². The summed E-state index contributed by atoms with van der Waals surface area (Å²) in [4.78, 5) is 0. The number of nitrogens with zero attached hydrogens (tertiary/aromatic N) is 1. The van der Waals surface area contributed by atoms with E-state index in [1.165, 1.54) is 0 Å². The average Bonchev–Trinajstić information content (AvgIpc) is 1.94. The maximum absolute atomic E-state index is 8.34. The molecule has 0 unspecified atom stereocenters. The molecule has 0 heterocycles. The van der Waals surface area contributed by atoms with Crippen LogP contribution in [0.4, 0.5) is 0 Å². The predicted molar refractivity (Wildman–Crippen MR) is 41.1 cm³/mol. The largest absolute Gasteiger partial charge is 0.198 e. The van der Waals surface area contributed by atoms with E-state index in [4.69, 9.17) is 13.1 Å². The molecule has 2 heteroatoms. The molecule has 46 valence electrons. The summed E-state index contributed by atoms with van der Waals surface area (Å²) in [7, 11) is 5.56. The minimum absolute atomic E-state index is 0.396. The highest BCUT2D eigenvalue weighted by molar-refractivity contribution is 6.33. The van der Waals surface area contributed by atoms with E-state index in [9.17, 15) is 0 Å². The van der Waals surface area contributed by atoms with Crippen LogP contribution in [0.15, 0.2) is 24.3 Å². The van der Waals surface area contributed by atoms with Gasteiger partial charge in [0.25, 0.3) is 0 Å². The molecule has 0 bridgehead atoms. The van der Waals surface area contributed by atoms with Crippen molar-refractivity contribution in [3.05, 3.63) is 29.8 Å². The van der Waals surface area contributed by atoms with E-state index >= 15 is 0 Å². The van der Waals surface area contributed by atoms with Crippen molar-refractivity contribution in [1.29, 1.82) is 5.26 Å². The summed E-state index contributed by atoms with van der Waals surface area (Å²) in [6, 6.07) is 9.44. The molecule has 0 N–H and O–H groups in total. The van der Waals surface area contributed by atoms with E-state index in [0.717, 1.165) is 5.56 Å². The van der Waals surface area contributed by atoms with Gasteiger partial charge in [-0.2, -0.15) is 5.26 Å². The van der Waals surface area contributed by atoms with Crippen LogP contribution >= 0.6 is 0 Å². The third-order valence-electron chi connectivity index (χ3n) is 1.32. The molecule has 0 aliphatic rings. The van der Waals surface area contributed by atoms with Crippen molar-refractivity contribution in [3.8, 4) is 6.07 Å². The summed E-state index contributed by atoms with van der Waals surface area (Å²) in [6.07, 6.45) is 0.396. The normalized spacial score (nSPS) is 8.70. The molecule has 1 nitrogen and oxygen atoms in total. The first kappa shape index (κ1) is 6.89. The van der Waals surface area contributed by atoms with Crippen LogP contribution in [-0.4, -0.2) is 7.85 Å². The van der Waals surface area contributed by atoms with Gasteiger partial charge in [0.2, 0.25) is 0 Å². The fraction of sp³-hybridized carbons (Fsp3) is 0.125. The summed E-state index contributed by atoms with van der Waals surface area (Å²) in [5, 5.41) is 8.34. The van der Waals surface area contributed by atoms with E-state index in [2.05, 4.69) is 0 Å². The molecule has 1 rings (SSSR count). The molecule has 0 spiro atoms. The van der Waals surface area contributed by atoms with Crippen LogP contribution in [-0.2, 0) is 6.42 Å². The van der Waals surface area contributed by atoms with Crippen LogP contribution in [0.25, 0.3) is 0 Å². The van der Waals surface area contributed by atoms with Gasteiger partial charge in [-0.05, 0) is 5.56 Å². The van der Waals surface area contributed by atoms with Crippen molar-refractivity contribution in [1.82, 2.24) is 0 Å². The standard InChI is InChI=1S/C8H6BN/c9-8-4-2-1-3-7(8)5-6-10/h1-4H,5H2. The second-order valence-corrected chi connectivity index (χ2v) is 2.03. The molecule has 0 aliphatic carbocycles. The third-order valence-corrected chi connectivity index (χ3v) is 1.32. The van der Waals surface area contributed by atoms with E-state index in [-0.39, 0.29) is 0 Å². The van der Waals surface area contributed by atoms with Crippen molar-refractivity contribution < 1.29 is 0 Å². The minimum atomic E-state index is 0.396. The lowest BCUT2D eigenvalue weighted by molar-refractivity contribution is 1.28. The predicted octanol–water partition coefficient (Wildman–Crippen LogP) is 0.546. The van der Waals surface area contributed by atoms with Gasteiger partial charge in [-0.3, -0.25) is 0 Å². The minimum Gasteiger partial charge on any atom is -0.198 e. The van der Waals surface area contributed by atoms with Crippen LogP contribution in [0.3, 0.4) is 0 Å². The Labute approximate surface area is 61.7 Å². The van der Waals surface area contributed by atoms with Gasteiger partial charge < -0.3 is 0 Å². The van der Waals surface area contributed by atoms with E-state index < -0.39 is 0 Å². The van der Waals surface area contributed by atoms with E-state index in [1.54, 1.807) is 6.07 Å². The first-order valence-corrected chi connectivity index (χ1v) is 3.05. The van der Waals surface area contributed by atoms with Crippen LogP contribution in [0.2, 0.25) is 0 Å². The van der Waals surface area contributed by atoms with Gasteiger partial charge >= 0.3 is 0 Å². The molecule has 0 aromatic heterocycles. The summed E-state index contributed by atoms with van der Waals surface area (Å²) >= 11 is 0. The number of hydrogen-bond acceptors (Lipinski definition) is 1. The number of hydrogen-bond donors (Lipinski definition) is 0. The maximum atomic E-state index is 8.34. The van der Waals surface area contributed by atoms with Gasteiger partial charge in [-0.1, -0.05) is 29.7 Å². The molecule has 1 aromatic rings. The van der Waals surface area contributed by atoms with Gasteiger partial charge in [0, 0.05) is 0 Å². The van der Waals surface area contributed by atoms with Crippen molar-refractivity contribution in [2.45, 2.75) is 6.42 Å². The Hall–Kier alpha value is -1.23. The lowest BCUT2D eigenvalue weighted by Gasteiger charge is -1.97. The molecule has 0 aliphatic heterocycles. The molecule has 0 atom stereocenters. The summed E-state index contributed by atoms with van der Waals surface area (Å²) in [6.45, 7) is 0. The Morgan fingerprint density at radius 3 is 2.70 bits per heavy atom. The molecule has 1 aromatic carbocycles. The second kappa shape index (κ2) is 3.07. The second-order valence-electron chi connectivity index (χ2n) is 2.03. The number of benzene rings is 1. The van der Waals surface area contributed by atoms with Gasteiger partial charge in [-0.25, -0.2) is 0 Å². The SMILES string of the molecule is [B]c1ccccc1CC#N. The smallest absolute Gasteiger partial charge is 0.114 e. The lowest BCUT2D eigenvalue weighted by Crippen LogP contribution is -2.08. The zero-order valence-corrected chi connectivity index (χ0v) is 5.54. The molecular weight excluding hydrogens is 121 g/mol. The first-order valence-electron chi connectivity index (χ1n) is 3.05. The maximum Gasteiger partial charge on any atom is 0.114 e. The Bertz CT molecular complexity index is 262. The summed E-state index contributed by atoms with van der Waals surface area (Å²) < 4.78 is 0. The highest BCUT2D eigenvalue weighted by Crippen LogP contribution is 1.93.